The van der Waals surface area contributed by atoms with Crippen LogP contribution in [-0.2, 0) is 25.0 Å². The molecule has 3 rings (SSSR count). The number of nitrogens with one attached hydrogen (secondary N) is 2. The Hall–Kier alpha value is -1.44. The van der Waals surface area contributed by atoms with Crippen molar-refractivity contribution in [2.45, 2.75) is 36.0 Å². The van der Waals surface area contributed by atoms with Gasteiger partial charge in [0.2, 0.25) is 10.0 Å². The van der Waals surface area contributed by atoms with E-state index in [-0.39, 0.29) is 10.9 Å². The Morgan fingerprint density at radius 3 is 2.58 bits per heavy atom. The lowest BCUT2D eigenvalue weighted by Gasteiger charge is -2.14. The number of sulfonamides is 1. The minimum absolute atomic E-state index is 0.233. The van der Waals surface area contributed by atoms with Crippen LogP contribution in [0, 0.1) is 5.92 Å². The first kappa shape index (κ1) is 17.4. The van der Waals surface area contributed by atoms with Crippen molar-refractivity contribution in [1.82, 2.24) is 10.0 Å². The molecule has 2 aliphatic rings. The fraction of sp³-hybridized carbons (Fsp3) is 0.588. The van der Waals surface area contributed by atoms with Gasteiger partial charge in [-0.1, -0.05) is 12.1 Å². The maximum atomic E-state index is 12.4. The summed E-state index contributed by atoms with van der Waals surface area (Å²) in [5.41, 5.74) is 0.255. The molecule has 6 nitrogen and oxygen atoms in total. The second kappa shape index (κ2) is 6.82. The summed E-state index contributed by atoms with van der Waals surface area (Å²) in [6.45, 7) is 2.43. The zero-order valence-corrected chi connectivity index (χ0v) is 14.7. The molecule has 0 spiro atoms. The van der Waals surface area contributed by atoms with Crippen molar-refractivity contribution in [3.63, 3.8) is 0 Å². The third-order valence-electron chi connectivity index (χ3n) is 5.05. The maximum absolute atomic E-state index is 12.4. The van der Waals surface area contributed by atoms with Gasteiger partial charge < -0.3 is 10.1 Å². The van der Waals surface area contributed by atoms with E-state index in [2.05, 4.69) is 10.0 Å². The zero-order chi connectivity index (χ0) is 17.2. The number of benzene rings is 1. The fourth-order valence-corrected chi connectivity index (χ4v) is 4.37. The molecule has 0 radical (unpaired) electrons. The van der Waals surface area contributed by atoms with Crippen LogP contribution in [0.4, 0.5) is 0 Å². The molecule has 1 atom stereocenters. The van der Waals surface area contributed by atoms with Gasteiger partial charge in [-0.2, -0.15) is 0 Å². The van der Waals surface area contributed by atoms with Crippen molar-refractivity contribution in [3.05, 3.63) is 29.8 Å². The first-order chi connectivity index (χ1) is 11.5. The van der Waals surface area contributed by atoms with Crippen LogP contribution < -0.4 is 10.0 Å². The summed E-state index contributed by atoms with van der Waals surface area (Å²) in [6, 6.07) is 6.58. The van der Waals surface area contributed by atoms with Gasteiger partial charge >= 0.3 is 5.97 Å². The third-order valence-corrected chi connectivity index (χ3v) is 6.53. The molecule has 1 saturated carbocycles. The van der Waals surface area contributed by atoms with E-state index in [0.717, 1.165) is 44.3 Å². The summed E-state index contributed by atoms with van der Waals surface area (Å²) in [5.74, 6) is 0.297. The lowest BCUT2D eigenvalue weighted by molar-refractivity contribution is -0.143. The summed E-state index contributed by atoms with van der Waals surface area (Å²) in [5, 5.41) is 3.28. The first-order valence-corrected chi connectivity index (χ1v) is 9.86. The Morgan fingerprint density at radius 1 is 1.33 bits per heavy atom. The third kappa shape index (κ3) is 3.48. The summed E-state index contributed by atoms with van der Waals surface area (Å²) in [6.07, 6.45) is 3.45. The molecule has 1 unspecified atom stereocenters. The van der Waals surface area contributed by atoms with Gasteiger partial charge in [0.1, 0.15) is 0 Å². The van der Waals surface area contributed by atoms with Crippen LogP contribution in [0.5, 0.6) is 0 Å². The van der Waals surface area contributed by atoms with Crippen molar-refractivity contribution in [3.8, 4) is 0 Å². The van der Waals surface area contributed by atoms with Crippen LogP contribution >= 0.6 is 0 Å². The molecule has 1 aliphatic heterocycles. The van der Waals surface area contributed by atoms with Crippen molar-refractivity contribution < 1.29 is 17.9 Å². The van der Waals surface area contributed by atoms with Gasteiger partial charge in [0.15, 0.2) is 0 Å². The number of carbonyl (C=O) groups is 1. The van der Waals surface area contributed by atoms with E-state index in [1.165, 1.54) is 7.11 Å². The summed E-state index contributed by atoms with van der Waals surface area (Å²) in [4.78, 5) is 12.1. The van der Waals surface area contributed by atoms with E-state index < -0.39 is 15.4 Å². The largest absolute Gasteiger partial charge is 0.468 e. The molecule has 0 aromatic heterocycles. The highest BCUT2D eigenvalue weighted by Gasteiger charge is 2.52. The Morgan fingerprint density at radius 2 is 2.04 bits per heavy atom. The van der Waals surface area contributed by atoms with Crippen molar-refractivity contribution in [2.24, 2.45) is 5.92 Å². The van der Waals surface area contributed by atoms with Crippen LogP contribution in [0.3, 0.4) is 0 Å². The molecule has 7 heteroatoms. The van der Waals surface area contributed by atoms with E-state index in [4.69, 9.17) is 4.74 Å². The minimum atomic E-state index is -3.51. The van der Waals surface area contributed by atoms with E-state index in [1.807, 2.05) is 0 Å². The Kier molecular flexibility index (Phi) is 4.94. The highest BCUT2D eigenvalue weighted by atomic mass is 32.2. The van der Waals surface area contributed by atoms with Gasteiger partial charge in [0.25, 0.3) is 0 Å². The smallest absolute Gasteiger partial charge is 0.316 e. The number of ether oxygens (including phenoxy) is 1. The fourth-order valence-electron chi connectivity index (χ4n) is 3.33. The van der Waals surface area contributed by atoms with Crippen molar-refractivity contribution in [2.75, 3.05) is 26.7 Å². The first-order valence-electron chi connectivity index (χ1n) is 8.37. The molecule has 1 saturated heterocycles. The number of hydrogen-bond donors (Lipinski definition) is 2. The minimum Gasteiger partial charge on any atom is -0.468 e. The predicted molar refractivity (Wildman–Crippen MR) is 90.2 cm³/mol. The number of rotatable bonds is 7. The van der Waals surface area contributed by atoms with Gasteiger partial charge in [0, 0.05) is 6.54 Å². The summed E-state index contributed by atoms with van der Waals surface area (Å²) >= 11 is 0. The van der Waals surface area contributed by atoms with Crippen LogP contribution in [0.2, 0.25) is 0 Å². The number of hydrogen-bond acceptors (Lipinski definition) is 5. The average molecular weight is 352 g/mol. The quantitative estimate of drug-likeness (QED) is 0.720. The van der Waals surface area contributed by atoms with Gasteiger partial charge in [0.05, 0.1) is 17.4 Å². The van der Waals surface area contributed by atoms with Gasteiger partial charge in [-0.05, 0) is 62.4 Å². The summed E-state index contributed by atoms with van der Waals surface area (Å²) < 4.78 is 32.2. The van der Waals surface area contributed by atoms with Gasteiger partial charge in [-0.25, -0.2) is 13.1 Å². The number of methoxy groups -OCH3 is 1. The standard InChI is InChI=1S/C17H24N2O4S/c1-23-16(20)17(8-9-17)14-2-4-15(5-3-14)24(21,22)19-11-7-13-6-10-18-12-13/h2-5,13,18-19H,6-12H2,1H3. The Bertz CT molecular complexity index is 690. The molecule has 1 aliphatic carbocycles. The highest BCUT2D eigenvalue weighted by molar-refractivity contribution is 7.89. The Balaban J connectivity index is 1.62. The molecule has 0 bridgehead atoms. The SMILES string of the molecule is COC(=O)C1(c2ccc(S(=O)(=O)NCCC3CCNC3)cc2)CC1. The van der Waals surface area contributed by atoms with Crippen LogP contribution in [-0.4, -0.2) is 41.1 Å². The molecule has 24 heavy (non-hydrogen) atoms. The van der Waals surface area contributed by atoms with Gasteiger partial charge in [-0.3, -0.25) is 4.79 Å². The lowest BCUT2D eigenvalue weighted by atomic mass is 9.96. The predicted octanol–water partition coefficient (Wildman–Crippen LogP) is 1.17. The lowest BCUT2D eigenvalue weighted by Crippen LogP contribution is -2.27. The van der Waals surface area contributed by atoms with Crippen molar-refractivity contribution in [1.29, 1.82) is 0 Å². The van der Waals surface area contributed by atoms with E-state index in [1.54, 1.807) is 24.3 Å². The molecule has 2 fully saturated rings. The van der Waals surface area contributed by atoms with Gasteiger partial charge in [-0.15, -0.1) is 0 Å². The maximum Gasteiger partial charge on any atom is 0.316 e. The monoisotopic (exact) mass is 352 g/mol. The van der Waals surface area contributed by atoms with Crippen molar-refractivity contribution >= 4 is 16.0 Å². The van der Waals surface area contributed by atoms with E-state index >= 15 is 0 Å². The molecular weight excluding hydrogens is 328 g/mol. The molecule has 1 heterocycles. The molecule has 2 N–H and O–H groups in total. The number of esters is 1. The molecule has 1 aromatic rings. The average Bonchev–Trinajstić information content (AvgIpc) is 3.24. The normalized spacial score (nSPS) is 22.3. The highest BCUT2D eigenvalue weighted by Crippen LogP contribution is 2.49. The molecule has 0 amide bonds. The molecular formula is C17H24N2O4S. The number of carbonyl (C=O) groups excluding carboxylic acids is 1. The molecule has 1 aromatic carbocycles. The topological polar surface area (TPSA) is 84.5 Å². The van der Waals surface area contributed by atoms with E-state index in [0.29, 0.717) is 12.5 Å². The summed E-state index contributed by atoms with van der Waals surface area (Å²) in [7, 11) is -2.13. The molecule has 132 valence electrons. The second-order valence-electron chi connectivity index (χ2n) is 6.64. The second-order valence-corrected chi connectivity index (χ2v) is 8.41. The van der Waals surface area contributed by atoms with E-state index in [9.17, 15) is 13.2 Å². The van der Waals surface area contributed by atoms with Crippen LogP contribution in [0.1, 0.15) is 31.2 Å². The van der Waals surface area contributed by atoms with Crippen LogP contribution in [0.15, 0.2) is 29.2 Å². The Labute approximate surface area is 143 Å². The van der Waals surface area contributed by atoms with Crippen LogP contribution in [0.25, 0.3) is 0 Å². The zero-order valence-electron chi connectivity index (χ0n) is 13.9.